The van der Waals surface area contributed by atoms with Gasteiger partial charge in [0.05, 0.1) is 6.04 Å². The summed E-state index contributed by atoms with van der Waals surface area (Å²) in [6, 6.07) is 8.80. The van der Waals surface area contributed by atoms with Crippen molar-refractivity contribution in [3.05, 3.63) is 35.9 Å². The molecule has 0 aliphatic rings. The largest absolute Gasteiger partial charge is 0.461 e. The van der Waals surface area contributed by atoms with Crippen molar-refractivity contribution in [1.29, 1.82) is 0 Å². The molecule has 1 amide bonds. The van der Waals surface area contributed by atoms with Gasteiger partial charge in [0.1, 0.15) is 6.61 Å². The monoisotopic (exact) mass is 292 g/mol. The average Bonchev–Trinajstić information content (AvgIpc) is 2.51. The lowest BCUT2D eigenvalue weighted by Gasteiger charge is -2.11. The zero-order valence-corrected chi connectivity index (χ0v) is 12.5. The molecular weight excluding hydrogens is 268 g/mol. The van der Waals surface area contributed by atoms with Crippen molar-refractivity contribution in [1.82, 2.24) is 5.32 Å². The number of carbonyl (C=O) groups is 2. The molecule has 116 valence electrons. The van der Waals surface area contributed by atoms with Gasteiger partial charge in [0, 0.05) is 13.0 Å². The molecule has 0 unspecified atom stereocenters. The van der Waals surface area contributed by atoms with E-state index >= 15 is 0 Å². The first-order valence-electron chi connectivity index (χ1n) is 7.36. The molecule has 0 aliphatic carbocycles. The third kappa shape index (κ3) is 7.46. The van der Waals surface area contributed by atoms with Crippen molar-refractivity contribution in [2.45, 2.75) is 45.3 Å². The van der Waals surface area contributed by atoms with E-state index in [4.69, 9.17) is 10.5 Å². The Kier molecular flexibility index (Phi) is 8.12. The van der Waals surface area contributed by atoms with Crippen LogP contribution in [0.3, 0.4) is 0 Å². The van der Waals surface area contributed by atoms with Crippen molar-refractivity contribution in [3.63, 3.8) is 0 Å². The van der Waals surface area contributed by atoms with Gasteiger partial charge in [0.25, 0.3) is 0 Å². The molecule has 21 heavy (non-hydrogen) atoms. The minimum atomic E-state index is -0.661. The Balaban J connectivity index is 2.18. The Hall–Kier alpha value is -1.88. The number of nitrogens with one attached hydrogen (secondary N) is 1. The van der Waals surface area contributed by atoms with Crippen LogP contribution in [-0.4, -0.2) is 24.5 Å². The van der Waals surface area contributed by atoms with Gasteiger partial charge in [0.15, 0.2) is 0 Å². The summed E-state index contributed by atoms with van der Waals surface area (Å²) < 4.78 is 5.13. The number of benzene rings is 1. The lowest BCUT2D eigenvalue weighted by atomic mass is 10.1. The Morgan fingerprint density at radius 3 is 2.67 bits per heavy atom. The Morgan fingerprint density at radius 2 is 2.00 bits per heavy atom. The average molecular weight is 292 g/mol. The standard InChI is InChI=1S/C16H24N2O3/c1-2-3-11-18-16(20)14(17)9-10-15(19)21-12-13-7-5-4-6-8-13/h4-8,14H,2-3,9-12,17H2,1H3,(H,18,20)/t14-/m0/s1. The van der Waals surface area contributed by atoms with E-state index in [1.54, 1.807) is 0 Å². The van der Waals surface area contributed by atoms with Crippen LogP contribution in [0.2, 0.25) is 0 Å². The van der Waals surface area contributed by atoms with Gasteiger partial charge >= 0.3 is 5.97 Å². The summed E-state index contributed by atoms with van der Waals surface area (Å²) in [6.07, 6.45) is 2.39. The molecule has 1 atom stereocenters. The molecule has 0 fully saturated rings. The zero-order valence-electron chi connectivity index (χ0n) is 12.5. The van der Waals surface area contributed by atoms with Crippen molar-refractivity contribution >= 4 is 11.9 Å². The van der Waals surface area contributed by atoms with Crippen LogP contribution in [0.15, 0.2) is 30.3 Å². The van der Waals surface area contributed by atoms with Crippen LogP contribution in [-0.2, 0) is 20.9 Å². The normalized spacial score (nSPS) is 11.7. The van der Waals surface area contributed by atoms with Gasteiger partial charge in [-0.15, -0.1) is 0 Å². The molecule has 0 radical (unpaired) electrons. The van der Waals surface area contributed by atoms with Crippen molar-refractivity contribution < 1.29 is 14.3 Å². The fraction of sp³-hybridized carbons (Fsp3) is 0.500. The van der Waals surface area contributed by atoms with Crippen LogP contribution < -0.4 is 11.1 Å². The van der Waals surface area contributed by atoms with Crippen molar-refractivity contribution in [2.24, 2.45) is 5.73 Å². The summed E-state index contributed by atoms with van der Waals surface area (Å²) in [5.74, 6) is -0.546. The van der Waals surface area contributed by atoms with Crippen LogP contribution in [0.4, 0.5) is 0 Å². The van der Waals surface area contributed by atoms with E-state index < -0.39 is 6.04 Å². The number of amides is 1. The number of ether oxygens (including phenoxy) is 1. The van der Waals surface area contributed by atoms with Gasteiger partial charge in [-0.1, -0.05) is 43.7 Å². The predicted molar refractivity (Wildman–Crippen MR) is 81.4 cm³/mol. The summed E-state index contributed by atoms with van der Waals surface area (Å²) in [4.78, 5) is 23.2. The van der Waals surface area contributed by atoms with Crippen molar-refractivity contribution in [3.8, 4) is 0 Å². The lowest BCUT2D eigenvalue weighted by Crippen LogP contribution is -2.41. The first kappa shape index (κ1) is 17.2. The van der Waals surface area contributed by atoms with E-state index in [1.165, 1.54) is 0 Å². The maximum Gasteiger partial charge on any atom is 0.306 e. The van der Waals surface area contributed by atoms with E-state index in [0.29, 0.717) is 13.0 Å². The third-order valence-corrected chi connectivity index (χ3v) is 3.07. The van der Waals surface area contributed by atoms with E-state index in [1.807, 2.05) is 30.3 Å². The van der Waals surface area contributed by atoms with Crippen LogP contribution >= 0.6 is 0 Å². The molecular formula is C16H24N2O3. The fourth-order valence-corrected chi connectivity index (χ4v) is 1.73. The molecule has 0 heterocycles. The Labute approximate surface area is 125 Å². The maximum absolute atomic E-state index is 11.6. The number of hydrogen-bond donors (Lipinski definition) is 2. The van der Waals surface area contributed by atoms with Crippen molar-refractivity contribution in [2.75, 3.05) is 6.54 Å². The molecule has 0 saturated carbocycles. The third-order valence-electron chi connectivity index (χ3n) is 3.07. The van der Waals surface area contributed by atoms with Gasteiger partial charge in [-0.2, -0.15) is 0 Å². The second-order valence-corrected chi connectivity index (χ2v) is 4.94. The number of unbranched alkanes of at least 4 members (excludes halogenated alkanes) is 1. The molecule has 5 nitrogen and oxygen atoms in total. The van der Waals surface area contributed by atoms with Gasteiger partial charge in [-0.05, 0) is 18.4 Å². The van der Waals surface area contributed by atoms with Crippen LogP contribution in [0.25, 0.3) is 0 Å². The minimum Gasteiger partial charge on any atom is -0.461 e. The quantitative estimate of drug-likeness (QED) is 0.537. The molecule has 0 saturated heterocycles. The SMILES string of the molecule is CCCCNC(=O)[C@@H](N)CCC(=O)OCc1ccccc1. The minimum absolute atomic E-state index is 0.148. The van der Waals surface area contributed by atoms with Crippen LogP contribution in [0.1, 0.15) is 38.2 Å². The fourth-order valence-electron chi connectivity index (χ4n) is 1.73. The van der Waals surface area contributed by atoms with E-state index in [2.05, 4.69) is 12.2 Å². The molecule has 1 aromatic rings. The first-order chi connectivity index (χ1) is 10.1. The van der Waals surface area contributed by atoms with E-state index in [0.717, 1.165) is 18.4 Å². The highest BCUT2D eigenvalue weighted by Crippen LogP contribution is 2.03. The van der Waals surface area contributed by atoms with Crippen LogP contribution in [0, 0.1) is 0 Å². The van der Waals surface area contributed by atoms with Crippen LogP contribution in [0.5, 0.6) is 0 Å². The molecule has 0 aliphatic heterocycles. The number of rotatable bonds is 9. The van der Waals surface area contributed by atoms with Gasteiger partial charge < -0.3 is 15.8 Å². The second-order valence-electron chi connectivity index (χ2n) is 4.94. The molecule has 1 rings (SSSR count). The topological polar surface area (TPSA) is 81.4 Å². The highest BCUT2D eigenvalue weighted by atomic mass is 16.5. The molecule has 0 aromatic heterocycles. The highest BCUT2D eigenvalue weighted by Gasteiger charge is 2.15. The predicted octanol–water partition coefficient (Wildman–Crippen LogP) is 1.75. The second kappa shape index (κ2) is 9.94. The number of hydrogen-bond acceptors (Lipinski definition) is 4. The molecule has 5 heteroatoms. The highest BCUT2D eigenvalue weighted by molar-refractivity contribution is 5.82. The Morgan fingerprint density at radius 1 is 1.29 bits per heavy atom. The van der Waals surface area contributed by atoms with E-state index in [-0.39, 0.29) is 24.9 Å². The summed E-state index contributed by atoms with van der Waals surface area (Å²) >= 11 is 0. The Bertz CT molecular complexity index is 434. The maximum atomic E-state index is 11.6. The molecule has 1 aromatic carbocycles. The molecule has 3 N–H and O–H groups in total. The lowest BCUT2D eigenvalue weighted by molar-refractivity contribution is -0.145. The smallest absolute Gasteiger partial charge is 0.306 e. The zero-order chi connectivity index (χ0) is 15.5. The number of carbonyl (C=O) groups excluding carboxylic acids is 2. The number of nitrogens with two attached hydrogens (primary N) is 1. The summed E-state index contributed by atoms with van der Waals surface area (Å²) in [7, 11) is 0. The molecule has 0 spiro atoms. The summed E-state index contributed by atoms with van der Waals surface area (Å²) in [5, 5.41) is 2.75. The first-order valence-corrected chi connectivity index (χ1v) is 7.36. The van der Waals surface area contributed by atoms with E-state index in [9.17, 15) is 9.59 Å². The number of esters is 1. The van der Waals surface area contributed by atoms with Gasteiger partial charge in [-0.3, -0.25) is 9.59 Å². The summed E-state index contributed by atoms with van der Waals surface area (Å²) in [6.45, 7) is 2.92. The van der Waals surface area contributed by atoms with Gasteiger partial charge in [0.2, 0.25) is 5.91 Å². The summed E-state index contributed by atoms with van der Waals surface area (Å²) in [5.41, 5.74) is 6.67. The molecule has 0 bridgehead atoms. The van der Waals surface area contributed by atoms with Gasteiger partial charge in [-0.25, -0.2) is 0 Å².